The summed E-state index contributed by atoms with van der Waals surface area (Å²) in [6.45, 7) is 3.22. The minimum Gasteiger partial charge on any atom is -0.365 e. The molecule has 0 bridgehead atoms. The quantitative estimate of drug-likeness (QED) is 0.791. The lowest BCUT2D eigenvalue weighted by atomic mass is 10.1. The SMILES string of the molecule is Cc1sc(NC(=O)CN2C(=O)CCC2=O)c(C(N)=O)c1C. The average molecular weight is 309 g/mol. The normalized spacial score (nSPS) is 14.7. The van der Waals surface area contributed by atoms with Gasteiger partial charge in [-0.2, -0.15) is 0 Å². The zero-order chi connectivity index (χ0) is 15.7. The molecule has 2 rings (SSSR count). The number of anilines is 1. The van der Waals surface area contributed by atoms with Crippen LogP contribution in [0, 0.1) is 13.8 Å². The number of nitrogens with zero attached hydrogens (tertiary/aromatic N) is 1. The monoisotopic (exact) mass is 309 g/mol. The van der Waals surface area contributed by atoms with E-state index in [-0.39, 0.29) is 36.8 Å². The number of aryl methyl sites for hydroxylation is 1. The van der Waals surface area contributed by atoms with Crippen molar-refractivity contribution in [3.8, 4) is 0 Å². The van der Waals surface area contributed by atoms with Gasteiger partial charge in [-0.25, -0.2) is 0 Å². The standard InChI is InChI=1S/C13H15N3O4S/c1-6-7(2)21-13(11(6)12(14)20)15-8(17)5-16-9(18)3-4-10(16)19/h3-5H2,1-2H3,(H2,14,20)(H,15,17). The van der Waals surface area contributed by atoms with Crippen molar-refractivity contribution in [1.82, 2.24) is 4.90 Å². The molecule has 0 radical (unpaired) electrons. The molecule has 3 N–H and O–H groups in total. The lowest BCUT2D eigenvalue weighted by molar-refractivity contribution is -0.141. The Morgan fingerprint density at radius 2 is 1.81 bits per heavy atom. The van der Waals surface area contributed by atoms with Gasteiger partial charge in [0.25, 0.3) is 5.91 Å². The molecular weight excluding hydrogens is 294 g/mol. The maximum absolute atomic E-state index is 12.0. The van der Waals surface area contributed by atoms with E-state index in [1.807, 2.05) is 6.92 Å². The minimum absolute atomic E-state index is 0.135. The molecule has 0 unspecified atom stereocenters. The molecule has 1 aliphatic heterocycles. The van der Waals surface area contributed by atoms with Gasteiger partial charge in [-0.05, 0) is 19.4 Å². The van der Waals surface area contributed by atoms with Crippen molar-refractivity contribution < 1.29 is 19.2 Å². The van der Waals surface area contributed by atoms with Gasteiger partial charge >= 0.3 is 0 Å². The van der Waals surface area contributed by atoms with Gasteiger partial charge in [-0.3, -0.25) is 24.1 Å². The predicted octanol–water partition coefficient (Wildman–Crippen LogP) is 0.551. The first kappa shape index (κ1) is 15.2. The predicted molar refractivity (Wildman–Crippen MR) is 76.9 cm³/mol. The van der Waals surface area contributed by atoms with E-state index in [4.69, 9.17) is 5.73 Å². The molecular formula is C13H15N3O4S. The Balaban J connectivity index is 2.13. The van der Waals surface area contributed by atoms with Crippen molar-refractivity contribution in [2.24, 2.45) is 5.73 Å². The molecule has 8 heteroatoms. The second-order valence-electron chi connectivity index (χ2n) is 4.77. The van der Waals surface area contributed by atoms with Crippen LogP contribution in [0.1, 0.15) is 33.6 Å². The molecule has 0 saturated carbocycles. The molecule has 2 heterocycles. The van der Waals surface area contributed by atoms with Crippen molar-refractivity contribution >= 4 is 40.0 Å². The molecule has 1 aromatic rings. The summed E-state index contributed by atoms with van der Waals surface area (Å²) in [5.74, 6) is -1.87. The van der Waals surface area contributed by atoms with Crippen molar-refractivity contribution in [2.45, 2.75) is 26.7 Å². The molecule has 0 aromatic carbocycles. The Morgan fingerprint density at radius 3 is 2.33 bits per heavy atom. The number of likely N-dealkylation sites (tertiary alicyclic amines) is 1. The number of nitrogens with one attached hydrogen (secondary N) is 1. The fourth-order valence-electron chi connectivity index (χ4n) is 2.12. The minimum atomic E-state index is -0.625. The highest BCUT2D eigenvalue weighted by atomic mass is 32.1. The fraction of sp³-hybridized carbons (Fsp3) is 0.385. The van der Waals surface area contributed by atoms with E-state index in [9.17, 15) is 19.2 Å². The highest BCUT2D eigenvalue weighted by molar-refractivity contribution is 7.16. The summed E-state index contributed by atoms with van der Waals surface area (Å²) in [5.41, 5.74) is 6.30. The number of hydrogen-bond acceptors (Lipinski definition) is 5. The molecule has 7 nitrogen and oxygen atoms in total. The van der Waals surface area contributed by atoms with E-state index < -0.39 is 11.8 Å². The number of hydrogen-bond donors (Lipinski definition) is 2. The third kappa shape index (κ3) is 2.94. The highest BCUT2D eigenvalue weighted by Gasteiger charge is 2.31. The Bertz CT molecular complexity index is 634. The van der Waals surface area contributed by atoms with Crippen LogP contribution in [0.5, 0.6) is 0 Å². The van der Waals surface area contributed by atoms with Crippen LogP contribution in [0.4, 0.5) is 5.00 Å². The molecule has 0 spiro atoms. The van der Waals surface area contributed by atoms with Gasteiger partial charge in [-0.15, -0.1) is 11.3 Å². The number of thiophene rings is 1. The van der Waals surface area contributed by atoms with Crippen LogP contribution in [-0.4, -0.2) is 35.1 Å². The van der Waals surface area contributed by atoms with E-state index in [0.717, 1.165) is 15.3 Å². The molecule has 112 valence electrons. The van der Waals surface area contributed by atoms with Gasteiger partial charge in [-0.1, -0.05) is 0 Å². The molecule has 0 aliphatic carbocycles. The number of imide groups is 1. The lowest BCUT2D eigenvalue weighted by Crippen LogP contribution is -2.37. The molecule has 4 amide bonds. The van der Waals surface area contributed by atoms with Gasteiger partial charge in [0, 0.05) is 17.7 Å². The largest absolute Gasteiger partial charge is 0.365 e. The van der Waals surface area contributed by atoms with Crippen molar-refractivity contribution in [3.05, 3.63) is 16.0 Å². The first-order chi connectivity index (χ1) is 9.81. The topological polar surface area (TPSA) is 110 Å². The second-order valence-corrected chi connectivity index (χ2v) is 6.00. The number of carbonyl (C=O) groups excluding carboxylic acids is 4. The summed E-state index contributed by atoms with van der Waals surface area (Å²) in [6, 6.07) is 0. The zero-order valence-electron chi connectivity index (χ0n) is 11.7. The van der Waals surface area contributed by atoms with Crippen LogP contribution in [0.25, 0.3) is 0 Å². The van der Waals surface area contributed by atoms with E-state index >= 15 is 0 Å². The van der Waals surface area contributed by atoms with E-state index in [1.165, 1.54) is 11.3 Å². The molecule has 1 fully saturated rings. The summed E-state index contributed by atoms with van der Waals surface area (Å²) >= 11 is 1.24. The molecule has 21 heavy (non-hydrogen) atoms. The fourth-order valence-corrected chi connectivity index (χ4v) is 3.20. The second kappa shape index (κ2) is 5.65. The summed E-state index contributed by atoms with van der Waals surface area (Å²) in [5, 5.41) is 2.90. The van der Waals surface area contributed by atoms with Crippen LogP contribution < -0.4 is 11.1 Å². The smallest absolute Gasteiger partial charge is 0.251 e. The van der Waals surface area contributed by atoms with Crippen LogP contribution in [0.2, 0.25) is 0 Å². The van der Waals surface area contributed by atoms with Gasteiger partial charge in [0.15, 0.2) is 0 Å². The van der Waals surface area contributed by atoms with Gasteiger partial charge in [0.2, 0.25) is 17.7 Å². The van der Waals surface area contributed by atoms with E-state index in [0.29, 0.717) is 5.00 Å². The molecule has 1 aromatic heterocycles. The van der Waals surface area contributed by atoms with Crippen LogP contribution in [0.3, 0.4) is 0 Å². The summed E-state index contributed by atoms with van der Waals surface area (Å²) < 4.78 is 0. The van der Waals surface area contributed by atoms with Crippen LogP contribution >= 0.6 is 11.3 Å². The maximum Gasteiger partial charge on any atom is 0.251 e. The van der Waals surface area contributed by atoms with Crippen LogP contribution in [0.15, 0.2) is 0 Å². The summed E-state index contributed by atoms with van der Waals surface area (Å²) in [7, 11) is 0. The van der Waals surface area contributed by atoms with E-state index in [2.05, 4.69) is 5.32 Å². The lowest BCUT2D eigenvalue weighted by Gasteiger charge is -2.13. The first-order valence-corrected chi connectivity index (χ1v) is 7.15. The highest BCUT2D eigenvalue weighted by Crippen LogP contribution is 2.32. The van der Waals surface area contributed by atoms with Crippen molar-refractivity contribution in [3.63, 3.8) is 0 Å². The third-order valence-corrected chi connectivity index (χ3v) is 4.46. The van der Waals surface area contributed by atoms with Crippen molar-refractivity contribution in [1.29, 1.82) is 0 Å². The van der Waals surface area contributed by atoms with Gasteiger partial charge < -0.3 is 11.1 Å². The Morgan fingerprint density at radius 1 is 1.24 bits per heavy atom. The number of rotatable bonds is 4. The molecule has 1 saturated heterocycles. The summed E-state index contributed by atoms with van der Waals surface area (Å²) in [4.78, 5) is 48.1. The maximum atomic E-state index is 12.0. The zero-order valence-corrected chi connectivity index (χ0v) is 12.5. The summed E-state index contributed by atoms with van der Waals surface area (Å²) in [6.07, 6.45) is 0.270. The van der Waals surface area contributed by atoms with Gasteiger partial charge in [0.05, 0.1) is 5.56 Å². The third-order valence-electron chi connectivity index (χ3n) is 3.34. The van der Waals surface area contributed by atoms with Crippen LogP contribution in [-0.2, 0) is 14.4 Å². The average Bonchev–Trinajstić information content (AvgIpc) is 2.83. The number of amides is 4. The van der Waals surface area contributed by atoms with Crippen molar-refractivity contribution in [2.75, 3.05) is 11.9 Å². The number of primary amides is 1. The molecule has 0 atom stereocenters. The van der Waals surface area contributed by atoms with E-state index in [1.54, 1.807) is 6.92 Å². The number of carbonyl (C=O) groups is 4. The Labute approximate surface area is 125 Å². The Hall–Kier alpha value is -2.22. The van der Waals surface area contributed by atoms with Gasteiger partial charge in [0.1, 0.15) is 11.5 Å². The number of nitrogens with two attached hydrogens (primary N) is 1. The molecule has 1 aliphatic rings. The Kier molecular flexibility index (Phi) is 4.08. The first-order valence-electron chi connectivity index (χ1n) is 6.34.